The van der Waals surface area contributed by atoms with Crippen LogP contribution in [0.1, 0.15) is 49.7 Å². The van der Waals surface area contributed by atoms with Crippen molar-refractivity contribution in [3.8, 4) is 11.5 Å². The zero-order valence-corrected chi connectivity index (χ0v) is 15.7. The molecule has 4 rings (SSSR count). The van der Waals surface area contributed by atoms with E-state index in [-0.39, 0.29) is 5.92 Å². The van der Waals surface area contributed by atoms with Crippen LogP contribution in [0.3, 0.4) is 0 Å². The van der Waals surface area contributed by atoms with Crippen molar-refractivity contribution in [1.29, 1.82) is 0 Å². The summed E-state index contributed by atoms with van der Waals surface area (Å²) in [6, 6.07) is 15.6. The third kappa shape index (κ3) is 3.41. The zero-order valence-electron chi connectivity index (χ0n) is 15.7. The highest BCUT2D eigenvalue weighted by Crippen LogP contribution is 2.43. The molecule has 1 heterocycles. The number of amides is 1. The lowest BCUT2D eigenvalue weighted by Crippen LogP contribution is -2.52. The molecule has 1 atom stereocenters. The largest absolute Gasteiger partial charge is 0.493 e. The number of ether oxygens (including phenoxy) is 2. The number of fused-ring (bicyclic) bond motifs is 1. The summed E-state index contributed by atoms with van der Waals surface area (Å²) in [5.41, 5.74) is 6.88. The van der Waals surface area contributed by atoms with Crippen LogP contribution < -0.4 is 15.2 Å². The molecule has 2 N–H and O–H groups in total. The van der Waals surface area contributed by atoms with Crippen molar-refractivity contribution in [1.82, 2.24) is 0 Å². The van der Waals surface area contributed by atoms with Crippen molar-refractivity contribution in [2.24, 2.45) is 11.7 Å². The van der Waals surface area contributed by atoms with Crippen LogP contribution >= 0.6 is 0 Å². The van der Waals surface area contributed by atoms with E-state index in [1.54, 1.807) is 0 Å². The van der Waals surface area contributed by atoms with Gasteiger partial charge in [-0.3, -0.25) is 4.79 Å². The molecule has 27 heavy (non-hydrogen) atoms. The second-order valence-electron chi connectivity index (χ2n) is 7.62. The lowest BCUT2D eigenvalue weighted by atomic mass is 9.72. The molecular formula is C23H27NO3. The fraction of sp³-hybridized carbons (Fsp3) is 0.435. The van der Waals surface area contributed by atoms with Crippen molar-refractivity contribution in [3.63, 3.8) is 0 Å². The normalized spacial score (nSPS) is 19.4. The summed E-state index contributed by atoms with van der Waals surface area (Å²) in [6.07, 6.45) is 7.28. The van der Waals surface area contributed by atoms with E-state index in [1.165, 1.54) is 6.42 Å². The van der Waals surface area contributed by atoms with E-state index in [9.17, 15) is 4.79 Å². The Kier molecular flexibility index (Phi) is 5.06. The fourth-order valence-corrected chi connectivity index (χ4v) is 4.55. The van der Waals surface area contributed by atoms with Crippen molar-refractivity contribution < 1.29 is 14.3 Å². The topological polar surface area (TPSA) is 61.6 Å². The standard InChI is InChI=1S/C23H27NO3/c24-22(25)23(18-9-3-1-4-10-18,19-11-5-2-6-12-19)27-20-13-14-21-17(16-20)8-7-15-26-21/h1,3-4,9-10,13-14,16,19H,2,5-8,11-12,15H2,(H2,24,25). The molecule has 2 aliphatic rings. The number of benzene rings is 2. The first-order chi connectivity index (χ1) is 13.2. The molecule has 1 fully saturated rings. The predicted octanol–water partition coefficient (Wildman–Crippen LogP) is 4.35. The van der Waals surface area contributed by atoms with E-state index in [4.69, 9.17) is 15.2 Å². The number of hydrogen-bond donors (Lipinski definition) is 1. The average molecular weight is 365 g/mol. The first-order valence-corrected chi connectivity index (χ1v) is 10.0. The quantitative estimate of drug-likeness (QED) is 0.857. The molecule has 0 aromatic heterocycles. The smallest absolute Gasteiger partial charge is 0.266 e. The number of hydrogen-bond acceptors (Lipinski definition) is 3. The highest BCUT2D eigenvalue weighted by Gasteiger charge is 2.48. The maximum atomic E-state index is 12.9. The van der Waals surface area contributed by atoms with Crippen LogP contribution in [-0.2, 0) is 16.8 Å². The Morgan fingerprint density at radius 3 is 2.56 bits per heavy atom. The van der Waals surface area contributed by atoms with Gasteiger partial charge in [0.15, 0.2) is 0 Å². The lowest BCUT2D eigenvalue weighted by Gasteiger charge is -2.40. The van der Waals surface area contributed by atoms with Gasteiger partial charge in [-0.15, -0.1) is 0 Å². The molecule has 0 spiro atoms. The van der Waals surface area contributed by atoms with Crippen molar-refractivity contribution >= 4 is 5.91 Å². The number of carbonyl (C=O) groups excluding carboxylic acids is 1. The minimum atomic E-state index is -1.13. The Morgan fingerprint density at radius 2 is 1.81 bits per heavy atom. The Labute approximate surface area is 160 Å². The molecule has 1 saturated carbocycles. The molecule has 1 aliphatic carbocycles. The van der Waals surface area contributed by atoms with Crippen molar-refractivity contribution in [2.45, 2.75) is 50.5 Å². The third-order valence-corrected chi connectivity index (χ3v) is 5.91. The molecular weight excluding hydrogens is 338 g/mol. The van der Waals surface area contributed by atoms with Gasteiger partial charge in [-0.25, -0.2) is 0 Å². The molecule has 1 amide bonds. The number of rotatable bonds is 5. The summed E-state index contributed by atoms with van der Waals surface area (Å²) >= 11 is 0. The predicted molar refractivity (Wildman–Crippen MR) is 105 cm³/mol. The van der Waals surface area contributed by atoms with E-state index in [0.29, 0.717) is 5.75 Å². The van der Waals surface area contributed by atoms with Gasteiger partial charge < -0.3 is 15.2 Å². The van der Waals surface area contributed by atoms with Crippen LogP contribution in [-0.4, -0.2) is 12.5 Å². The maximum absolute atomic E-state index is 12.9. The summed E-state index contributed by atoms with van der Waals surface area (Å²) in [4.78, 5) is 12.9. The van der Waals surface area contributed by atoms with Gasteiger partial charge >= 0.3 is 0 Å². The zero-order chi connectivity index (χ0) is 18.7. The molecule has 142 valence electrons. The Hall–Kier alpha value is -2.49. The second kappa shape index (κ2) is 7.63. The molecule has 1 aliphatic heterocycles. The summed E-state index contributed by atoms with van der Waals surface area (Å²) < 4.78 is 12.2. The summed E-state index contributed by atoms with van der Waals surface area (Å²) in [5, 5.41) is 0. The molecule has 2 aromatic carbocycles. The van der Waals surface area contributed by atoms with Crippen molar-refractivity contribution in [2.75, 3.05) is 6.61 Å². The van der Waals surface area contributed by atoms with Crippen LogP contribution in [0.4, 0.5) is 0 Å². The second-order valence-corrected chi connectivity index (χ2v) is 7.62. The van der Waals surface area contributed by atoms with Gasteiger partial charge in [0.2, 0.25) is 5.60 Å². The van der Waals surface area contributed by atoms with Crippen LogP contribution in [0.15, 0.2) is 48.5 Å². The number of nitrogens with two attached hydrogens (primary N) is 1. The average Bonchev–Trinajstić information content (AvgIpc) is 2.73. The molecule has 0 bridgehead atoms. The van der Waals surface area contributed by atoms with Crippen LogP contribution in [0.2, 0.25) is 0 Å². The van der Waals surface area contributed by atoms with E-state index in [1.807, 2.05) is 48.5 Å². The maximum Gasteiger partial charge on any atom is 0.266 e. The Balaban J connectivity index is 1.76. The number of aryl methyl sites for hydroxylation is 1. The first-order valence-electron chi connectivity index (χ1n) is 10.0. The first kappa shape index (κ1) is 17.9. The SMILES string of the molecule is NC(=O)C(Oc1ccc2c(c1)CCCO2)(c1ccccc1)C1CCCCC1. The van der Waals surface area contributed by atoms with Crippen molar-refractivity contribution in [3.05, 3.63) is 59.7 Å². The minimum absolute atomic E-state index is 0.0819. The van der Waals surface area contributed by atoms with Crippen LogP contribution in [0, 0.1) is 5.92 Å². The van der Waals surface area contributed by atoms with Gasteiger partial charge in [0.25, 0.3) is 5.91 Å². The summed E-state index contributed by atoms with van der Waals surface area (Å²) in [6.45, 7) is 0.754. The monoisotopic (exact) mass is 365 g/mol. The van der Waals surface area contributed by atoms with Gasteiger partial charge in [0.05, 0.1) is 6.61 Å². The van der Waals surface area contributed by atoms with Gasteiger partial charge in [0, 0.05) is 11.5 Å². The molecule has 1 unspecified atom stereocenters. The van der Waals surface area contributed by atoms with Gasteiger partial charge in [0.1, 0.15) is 11.5 Å². The number of carbonyl (C=O) groups is 1. The molecule has 0 radical (unpaired) electrons. The number of primary amides is 1. The van der Waals surface area contributed by atoms with Gasteiger partial charge in [-0.2, -0.15) is 0 Å². The van der Waals surface area contributed by atoms with E-state index < -0.39 is 11.5 Å². The molecule has 0 saturated heterocycles. The Bertz CT molecular complexity index is 799. The Morgan fingerprint density at radius 1 is 1.04 bits per heavy atom. The van der Waals surface area contributed by atoms with E-state index >= 15 is 0 Å². The van der Waals surface area contributed by atoms with E-state index in [2.05, 4.69) is 0 Å². The van der Waals surface area contributed by atoms with Crippen LogP contribution in [0.5, 0.6) is 11.5 Å². The summed E-state index contributed by atoms with van der Waals surface area (Å²) in [5.74, 6) is 1.27. The van der Waals surface area contributed by atoms with E-state index in [0.717, 1.165) is 62.0 Å². The highest BCUT2D eigenvalue weighted by molar-refractivity contribution is 5.86. The van der Waals surface area contributed by atoms with Crippen LogP contribution in [0.25, 0.3) is 0 Å². The minimum Gasteiger partial charge on any atom is -0.493 e. The van der Waals surface area contributed by atoms with Gasteiger partial charge in [-0.05, 0) is 49.4 Å². The molecule has 2 aromatic rings. The fourth-order valence-electron chi connectivity index (χ4n) is 4.55. The third-order valence-electron chi connectivity index (χ3n) is 5.91. The summed E-state index contributed by atoms with van der Waals surface area (Å²) in [7, 11) is 0. The lowest BCUT2D eigenvalue weighted by molar-refractivity contribution is -0.141. The molecule has 4 heteroatoms. The van der Waals surface area contributed by atoms with Gasteiger partial charge in [-0.1, -0.05) is 49.6 Å². The highest BCUT2D eigenvalue weighted by atomic mass is 16.5. The molecule has 4 nitrogen and oxygen atoms in total.